The van der Waals surface area contributed by atoms with E-state index in [-0.39, 0.29) is 23.4 Å². The summed E-state index contributed by atoms with van der Waals surface area (Å²) in [5, 5.41) is 3.53. The van der Waals surface area contributed by atoms with E-state index in [1.54, 1.807) is 11.8 Å². The lowest BCUT2D eigenvalue weighted by molar-refractivity contribution is -0.116. The predicted molar refractivity (Wildman–Crippen MR) is 133 cm³/mol. The van der Waals surface area contributed by atoms with Crippen LogP contribution in [0.3, 0.4) is 0 Å². The average Bonchev–Trinajstić information content (AvgIpc) is 3.35. The molecule has 34 heavy (non-hydrogen) atoms. The van der Waals surface area contributed by atoms with Crippen LogP contribution in [-0.2, 0) is 15.8 Å². The zero-order valence-corrected chi connectivity index (χ0v) is 19.7. The smallest absolute Gasteiger partial charge is 0.334 e. The molecule has 0 fully saturated rings. The van der Waals surface area contributed by atoms with Crippen molar-refractivity contribution in [3.05, 3.63) is 94.5 Å². The van der Waals surface area contributed by atoms with Gasteiger partial charge >= 0.3 is 7.60 Å². The van der Waals surface area contributed by atoms with E-state index in [2.05, 4.69) is 5.32 Å². The largest absolute Gasteiger partial charge is 0.356 e. The zero-order chi connectivity index (χ0) is 23.9. The lowest BCUT2D eigenvalue weighted by Crippen LogP contribution is -2.25. The Morgan fingerprint density at radius 3 is 2.44 bits per heavy atom. The normalized spacial score (nSPS) is 17.0. The van der Waals surface area contributed by atoms with Crippen molar-refractivity contribution in [2.24, 2.45) is 0 Å². The first-order valence-corrected chi connectivity index (χ1v) is 13.1. The van der Waals surface area contributed by atoms with Gasteiger partial charge in [-0.15, -0.1) is 0 Å². The first kappa shape index (κ1) is 22.6. The van der Waals surface area contributed by atoms with Crippen LogP contribution in [0, 0.1) is 0 Å². The quantitative estimate of drug-likeness (QED) is 0.364. The maximum Gasteiger partial charge on any atom is 0.356 e. The van der Waals surface area contributed by atoms with Crippen LogP contribution in [0.15, 0.2) is 88.3 Å². The van der Waals surface area contributed by atoms with E-state index in [1.807, 2.05) is 53.4 Å². The standard InChI is InChI=1S/C25H21N2O5PS/c28-23(26-17-9-11-18(12-10-17)33(30,31)32)13-14-27-21-7-3-4-8-22(21)34-25(27)20-15-16-5-1-2-6-19(16)24(20)29/h1-12H,13-15H2,(H,26,28)(H2,30,31,32)/b25-20-. The number of nitrogens with zero attached hydrogens (tertiary/aromatic N) is 1. The molecule has 172 valence electrons. The second-order valence-corrected chi connectivity index (χ2v) is 10.7. The maximum absolute atomic E-state index is 13.1. The molecule has 1 heterocycles. The number of benzene rings is 3. The van der Waals surface area contributed by atoms with Gasteiger partial charge in [-0.05, 0) is 42.0 Å². The van der Waals surface area contributed by atoms with Crippen LogP contribution < -0.4 is 15.5 Å². The molecular formula is C25H21N2O5PS. The van der Waals surface area contributed by atoms with Gasteiger partial charge in [-0.2, -0.15) is 0 Å². The maximum atomic E-state index is 13.1. The highest BCUT2D eigenvalue weighted by Crippen LogP contribution is 2.49. The van der Waals surface area contributed by atoms with Crippen molar-refractivity contribution < 1.29 is 23.9 Å². The second-order valence-electron chi connectivity index (χ2n) is 8.06. The number of hydrogen-bond donors (Lipinski definition) is 3. The molecule has 0 saturated carbocycles. The topological polar surface area (TPSA) is 107 Å². The van der Waals surface area contributed by atoms with Crippen LogP contribution in [0.1, 0.15) is 22.3 Å². The van der Waals surface area contributed by atoms with E-state index in [0.717, 1.165) is 32.3 Å². The van der Waals surface area contributed by atoms with Gasteiger partial charge < -0.3 is 20.0 Å². The summed E-state index contributed by atoms with van der Waals surface area (Å²) < 4.78 is 11.3. The molecule has 5 rings (SSSR count). The first-order valence-electron chi connectivity index (χ1n) is 10.7. The number of para-hydroxylation sites is 1. The summed E-state index contributed by atoms with van der Waals surface area (Å²) in [5.41, 5.74) is 3.92. The minimum absolute atomic E-state index is 0.0329. The molecule has 3 aromatic rings. The van der Waals surface area contributed by atoms with E-state index in [9.17, 15) is 23.9 Å². The van der Waals surface area contributed by atoms with Gasteiger partial charge in [0.1, 0.15) is 0 Å². The fourth-order valence-electron chi connectivity index (χ4n) is 4.16. The summed E-state index contributed by atoms with van der Waals surface area (Å²) >= 11 is 1.55. The SMILES string of the molecule is O=C(CCN1/C(=C2\Cc3ccccc3C2=O)Sc2ccccc21)Nc1ccc(P(=O)(O)O)cc1. The highest BCUT2D eigenvalue weighted by atomic mass is 32.2. The monoisotopic (exact) mass is 492 g/mol. The van der Waals surface area contributed by atoms with Gasteiger partial charge in [0.05, 0.1) is 16.0 Å². The molecule has 3 N–H and O–H groups in total. The fraction of sp³-hybridized carbons (Fsp3) is 0.120. The van der Waals surface area contributed by atoms with Gasteiger partial charge in [0.15, 0.2) is 5.78 Å². The van der Waals surface area contributed by atoms with Crippen LogP contribution in [0.2, 0.25) is 0 Å². The van der Waals surface area contributed by atoms with Gasteiger partial charge in [-0.3, -0.25) is 14.2 Å². The number of allylic oxidation sites excluding steroid dienone is 1. The predicted octanol–water partition coefficient (Wildman–Crippen LogP) is 4.08. The molecule has 0 aromatic heterocycles. The number of thioether (sulfide) groups is 1. The summed E-state index contributed by atoms with van der Waals surface area (Å²) in [6, 6.07) is 21.1. The number of carbonyl (C=O) groups excluding carboxylic acids is 2. The minimum Gasteiger partial charge on any atom is -0.334 e. The van der Waals surface area contributed by atoms with Crippen molar-refractivity contribution in [1.29, 1.82) is 0 Å². The molecule has 0 bridgehead atoms. The van der Waals surface area contributed by atoms with E-state index >= 15 is 0 Å². The summed E-state index contributed by atoms with van der Waals surface area (Å²) in [4.78, 5) is 47.3. The third-order valence-electron chi connectivity index (χ3n) is 5.82. The van der Waals surface area contributed by atoms with Crippen molar-refractivity contribution in [3.63, 3.8) is 0 Å². The Bertz CT molecular complexity index is 1380. The molecule has 0 atom stereocenters. The lowest BCUT2D eigenvalue weighted by atomic mass is 10.1. The van der Waals surface area contributed by atoms with Gasteiger partial charge in [-0.1, -0.05) is 48.2 Å². The zero-order valence-electron chi connectivity index (χ0n) is 18.0. The van der Waals surface area contributed by atoms with Crippen molar-refractivity contribution in [3.8, 4) is 0 Å². The number of Topliss-reactive ketones (excluding diaryl/α,β-unsaturated/α-hetero) is 1. The number of amides is 1. The molecule has 0 saturated heterocycles. The number of rotatable bonds is 5. The molecule has 1 aliphatic heterocycles. The van der Waals surface area contributed by atoms with Crippen molar-refractivity contribution >= 4 is 47.7 Å². The van der Waals surface area contributed by atoms with Crippen molar-refractivity contribution in [1.82, 2.24) is 0 Å². The molecular weight excluding hydrogens is 471 g/mol. The third kappa shape index (κ3) is 4.33. The van der Waals surface area contributed by atoms with Crippen LogP contribution >= 0.6 is 19.4 Å². The summed E-state index contributed by atoms with van der Waals surface area (Å²) in [5.74, 6) is -0.200. The Morgan fingerprint density at radius 2 is 1.71 bits per heavy atom. The van der Waals surface area contributed by atoms with Crippen LogP contribution in [0.5, 0.6) is 0 Å². The lowest BCUT2D eigenvalue weighted by Gasteiger charge is -2.21. The second kappa shape index (κ2) is 8.89. The number of nitrogens with one attached hydrogen (secondary N) is 1. The molecule has 1 amide bonds. The van der Waals surface area contributed by atoms with Crippen molar-refractivity contribution in [2.75, 3.05) is 16.8 Å². The average molecular weight is 492 g/mol. The fourth-order valence-corrected chi connectivity index (χ4v) is 5.92. The highest BCUT2D eigenvalue weighted by molar-refractivity contribution is 8.03. The molecule has 7 nitrogen and oxygen atoms in total. The van der Waals surface area contributed by atoms with Gasteiger partial charge in [-0.25, -0.2) is 0 Å². The van der Waals surface area contributed by atoms with E-state index in [0.29, 0.717) is 18.7 Å². The third-order valence-corrected chi connectivity index (χ3v) is 8.02. The van der Waals surface area contributed by atoms with Gasteiger partial charge in [0.25, 0.3) is 0 Å². The van der Waals surface area contributed by atoms with E-state index in [4.69, 9.17) is 0 Å². The van der Waals surface area contributed by atoms with Crippen molar-refractivity contribution in [2.45, 2.75) is 17.7 Å². The molecule has 2 aliphatic rings. The molecule has 0 spiro atoms. The number of ketones is 1. The molecule has 3 aromatic carbocycles. The summed E-state index contributed by atoms with van der Waals surface area (Å²) in [7, 11) is -4.33. The van der Waals surface area contributed by atoms with Crippen LogP contribution in [0.25, 0.3) is 0 Å². The Hall–Kier alpha value is -3.16. The van der Waals surface area contributed by atoms with Crippen LogP contribution in [0.4, 0.5) is 11.4 Å². The Labute approximate surface area is 200 Å². The molecule has 1 aliphatic carbocycles. The van der Waals surface area contributed by atoms with Crippen LogP contribution in [-0.4, -0.2) is 28.0 Å². The Morgan fingerprint density at radius 1 is 1.00 bits per heavy atom. The van der Waals surface area contributed by atoms with Gasteiger partial charge in [0.2, 0.25) is 5.91 Å². The first-order chi connectivity index (χ1) is 16.3. The molecule has 9 heteroatoms. The van der Waals surface area contributed by atoms with E-state index < -0.39 is 7.60 Å². The molecule has 0 unspecified atom stereocenters. The number of fused-ring (bicyclic) bond motifs is 2. The minimum atomic E-state index is -4.33. The van der Waals surface area contributed by atoms with E-state index in [1.165, 1.54) is 24.3 Å². The summed E-state index contributed by atoms with van der Waals surface area (Å²) in [6.07, 6.45) is 0.743. The summed E-state index contributed by atoms with van der Waals surface area (Å²) in [6.45, 7) is 0.388. The number of anilines is 2. The highest BCUT2D eigenvalue weighted by Gasteiger charge is 2.34. The number of hydrogen-bond acceptors (Lipinski definition) is 5. The molecule has 0 radical (unpaired) electrons. The van der Waals surface area contributed by atoms with Gasteiger partial charge in [0, 0.05) is 41.1 Å². The number of carbonyl (C=O) groups is 2. The Kier molecular flexibility index (Phi) is 5.91. The Balaban J connectivity index is 1.35.